The molecular weight excluding hydrogens is 345 g/mol. The summed E-state index contributed by atoms with van der Waals surface area (Å²) in [7, 11) is 1.22. The molecular formula is C14H18BN5O6. The van der Waals surface area contributed by atoms with Gasteiger partial charge in [-0.25, -0.2) is 9.97 Å². The maximum Gasteiger partial charge on any atom is 0.251 e. The van der Waals surface area contributed by atoms with Gasteiger partial charge in [0.15, 0.2) is 6.23 Å². The van der Waals surface area contributed by atoms with Gasteiger partial charge in [-0.2, -0.15) is 0 Å². The van der Waals surface area contributed by atoms with Crippen molar-refractivity contribution in [2.45, 2.75) is 31.5 Å². The summed E-state index contributed by atoms with van der Waals surface area (Å²) in [5.41, 5.74) is 11.6. The summed E-state index contributed by atoms with van der Waals surface area (Å²) in [6.07, 6.45) is -3.37. The van der Waals surface area contributed by atoms with Crippen molar-refractivity contribution in [3.63, 3.8) is 0 Å². The molecule has 0 aliphatic carbocycles. The van der Waals surface area contributed by atoms with Crippen molar-refractivity contribution in [2.24, 2.45) is 5.73 Å². The minimum absolute atomic E-state index is 0.0598. The zero-order chi connectivity index (χ0) is 19.2. The van der Waals surface area contributed by atoms with Crippen LogP contribution in [0, 0.1) is 6.92 Å². The Hall–Kier alpha value is -2.70. The van der Waals surface area contributed by atoms with E-state index in [9.17, 15) is 19.8 Å². The molecule has 12 heteroatoms. The molecule has 3 heterocycles. The molecule has 1 fully saturated rings. The highest BCUT2D eigenvalue weighted by atomic mass is 16.6. The van der Waals surface area contributed by atoms with Crippen LogP contribution < -0.4 is 11.5 Å². The molecule has 0 spiro atoms. The van der Waals surface area contributed by atoms with Gasteiger partial charge >= 0.3 is 0 Å². The molecule has 1 saturated heterocycles. The van der Waals surface area contributed by atoms with Crippen LogP contribution >= 0.6 is 0 Å². The molecule has 0 radical (unpaired) electrons. The van der Waals surface area contributed by atoms with E-state index in [0.29, 0.717) is 5.82 Å². The van der Waals surface area contributed by atoms with Crippen LogP contribution in [0.2, 0.25) is 0 Å². The average Bonchev–Trinajstić information content (AvgIpc) is 3.05. The second-order valence-corrected chi connectivity index (χ2v) is 6.02. The number of hydrogen-bond donors (Lipinski definition) is 4. The number of aliphatic hydroxyl groups is 2. The third kappa shape index (κ3) is 2.98. The molecule has 2 unspecified atom stereocenters. The van der Waals surface area contributed by atoms with E-state index in [1.54, 1.807) is 6.92 Å². The van der Waals surface area contributed by atoms with E-state index in [2.05, 4.69) is 9.97 Å². The fraction of sp³-hybridized carbons (Fsp3) is 0.429. The van der Waals surface area contributed by atoms with E-state index >= 15 is 0 Å². The highest BCUT2D eigenvalue weighted by molar-refractivity contribution is 6.55. The predicted molar refractivity (Wildman–Crippen MR) is 91.0 cm³/mol. The van der Waals surface area contributed by atoms with Crippen LogP contribution in [0.15, 0.2) is 6.20 Å². The highest BCUT2D eigenvalue weighted by Gasteiger charge is 2.45. The lowest BCUT2D eigenvalue weighted by Gasteiger charge is -2.17. The van der Waals surface area contributed by atoms with Gasteiger partial charge in [0, 0.05) is 6.20 Å². The number of aliphatic hydroxyl groups excluding tert-OH is 2. The zero-order valence-electron chi connectivity index (χ0n) is 14.1. The largest absolute Gasteiger partial charge is 0.471 e. The number of amides is 1. The van der Waals surface area contributed by atoms with Gasteiger partial charge in [-0.1, -0.05) is 0 Å². The normalized spacial score (nSPS) is 25.5. The average molecular weight is 363 g/mol. The van der Waals surface area contributed by atoms with Gasteiger partial charge in [0.1, 0.15) is 42.2 Å². The van der Waals surface area contributed by atoms with Crippen LogP contribution in [0.25, 0.3) is 11.0 Å². The maximum absolute atomic E-state index is 11.8. The summed E-state index contributed by atoms with van der Waals surface area (Å²) in [5, 5.41) is 20.8. The van der Waals surface area contributed by atoms with Crippen molar-refractivity contribution < 1.29 is 29.3 Å². The number of carbonyl (C=O) groups excluding carboxylic acids is 2. The lowest BCUT2D eigenvalue weighted by molar-refractivity contribution is -0.0511. The second-order valence-electron chi connectivity index (χ2n) is 6.02. The standard InChI is InChI=1S/C14H18BN5O6/c1-4-18-10(16)7-5(11(17)23)2-20(12(7)19-4)13-9(22)8(21)6(26-13)3-25-14(15)24/h2,6,8-9,13,21-22H,3,15H2,1H3,(H2,17,23)(H2,16,18,19)/t6-,8?,9?,13+/m1/s1. The van der Waals surface area contributed by atoms with Crippen LogP contribution in [0.3, 0.4) is 0 Å². The third-order valence-corrected chi connectivity index (χ3v) is 4.14. The van der Waals surface area contributed by atoms with E-state index in [1.807, 2.05) is 0 Å². The van der Waals surface area contributed by atoms with Gasteiger partial charge < -0.3 is 35.7 Å². The molecule has 2 aromatic rings. The Morgan fingerprint density at radius 3 is 2.69 bits per heavy atom. The van der Waals surface area contributed by atoms with Crippen LogP contribution in [0.1, 0.15) is 22.4 Å². The Balaban J connectivity index is 2.05. The number of fused-ring (bicyclic) bond motifs is 1. The number of aryl methyl sites for hydroxylation is 1. The molecule has 0 aromatic carbocycles. The number of primary amides is 1. The first kappa shape index (κ1) is 18.1. The number of aromatic nitrogens is 3. The molecule has 11 nitrogen and oxygen atoms in total. The van der Waals surface area contributed by atoms with Gasteiger partial charge in [0.25, 0.3) is 5.91 Å². The first-order chi connectivity index (χ1) is 12.2. The maximum atomic E-state index is 11.8. The number of nitrogens with two attached hydrogens (primary N) is 2. The van der Waals surface area contributed by atoms with E-state index in [1.165, 1.54) is 18.6 Å². The molecule has 138 valence electrons. The van der Waals surface area contributed by atoms with Crippen molar-refractivity contribution in [1.82, 2.24) is 14.5 Å². The number of ether oxygens (including phenoxy) is 2. The fourth-order valence-corrected chi connectivity index (χ4v) is 2.97. The summed E-state index contributed by atoms with van der Waals surface area (Å²) >= 11 is 0. The van der Waals surface area contributed by atoms with Crippen LogP contribution in [-0.4, -0.2) is 69.3 Å². The van der Waals surface area contributed by atoms with Gasteiger partial charge in [-0.3, -0.25) is 9.59 Å². The second kappa shape index (κ2) is 6.55. The lowest BCUT2D eigenvalue weighted by atomic mass is 10.1. The van der Waals surface area contributed by atoms with E-state index in [0.717, 1.165) is 0 Å². The van der Waals surface area contributed by atoms with Crippen LogP contribution in [0.5, 0.6) is 0 Å². The summed E-state index contributed by atoms with van der Waals surface area (Å²) < 4.78 is 11.8. The van der Waals surface area contributed by atoms with E-state index in [-0.39, 0.29) is 29.0 Å². The van der Waals surface area contributed by atoms with Crippen molar-refractivity contribution in [3.05, 3.63) is 17.6 Å². The zero-order valence-corrected chi connectivity index (χ0v) is 14.1. The summed E-state index contributed by atoms with van der Waals surface area (Å²) in [4.78, 5) is 31.0. The fourth-order valence-electron chi connectivity index (χ4n) is 2.97. The van der Waals surface area contributed by atoms with Crippen LogP contribution in [-0.2, 0) is 9.47 Å². The minimum atomic E-state index is -1.36. The Morgan fingerprint density at radius 2 is 2.08 bits per heavy atom. The predicted octanol–water partition coefficient (Wildman–Crippen LogP) is -2.19. The summed E-state index contributed by atoms with van der Waals surface area (Å²) in [5.74, 6) is -0.894. The van der Waals surface area contributed by atoms with E-state index < -0.39 is 36.3 Å². The third-order valence-electron chi connectivity index (χ3n) is 4.14. The molecule has 26 heavy (non-hydrogen) atoms. The Bertz CT molecular complexity index is 886. The first-order valence-electron chi connectivity index (χ1n) is 7.80. The quantitative estimate of drug-likeness (QED) is 0.440. The molecule has 1 aliphatic rings. The minimum Gasteiger partial charge on any atom is -0.471 e. The molecule has 0 saturated carbocycles. The smallest absolute Gasteiger partial charge is 0.251 e. The monoisotopic (exact) mass is 363 g/mol. The molecule has 2 aromatic heterocycles. The molecule has 1 amide bonds. The van der Waals surface area contributed by atoms with Gasteiger partial charge in [-0.15, -0.1) is 0 Å². The Morgan fingerprint density at radius 1 is 1.38 bits per heavy atom. The number of rotatable bonds is 4. The SMILES string of the molecule is BC(=O)OC[C@H]1O[C@H](n2cc(C(N)=O)c3c(N)nc(C)nc32)C(O)C1O. The number of nitrogens with zero attached hydrogens (tertiary/aromatic N) is 3. The van der Waals surface area contributed by atoms with Crippen molar-refractivity contribution in [2.75, 3.05) is 12.3 Å². The van der Waals surface area contributed by atoms with Crippen LogP contribution in [0.4, 0.5) is 10.6 Å². The van der Waals surface area contributed by atoms with Gasteiger partial charge in [0.05, 0.1) is 10.9 Å². The number of nitrogen functional groups attached to an aromatic ring is 1. The molecule has 1 aliphatic heterocycles. The van der Waals surface area contributed by atoms with Crippen molar-refractivity contribution in [1.29, 1.82) is 0 Å². The van der Waals surface area contributed by atoms with Gasteiger partial charge in [0.2, 0.25) is 13.7 Å². The topological polar surface area (TPSA) is 176 Å². The van der Waals surface area contributed by atoms with Gasteiger partial charge in [-0.05, 0) is 6.92 Å². The number of anilines is 1. The molecule has 3 rings (SSSR count). The Kier molecular flexibility index (Phi) is 4.56. The molecule has 4 atom stereocenters. The summed E-state index contributed by atoms with van der Waals surface area (Å²) in [6, 6.07) is 0. The first-order valence-corrected chi connectivity index (χ1v) is 7.80. The van der Waals surface area contributed by atoms with Crippen molar-refractivity contribution in [3.8, 4) is 0 Å². The molecule has 6 N–H and O–H groups in total. The Labute approximate surface area is 148 Å². The number of carbonyl (C=O) groups is 2. The highest BCUT2D eigenvalue weighted by Crippen LogP contribution is 2.34. The summed E-state index contributed by atoms with van der Waals surface area (Å²) in [6.45, 7) is 1.38. The number of hydrogen-bond acceptors (Lipinski definition) is 9. The van der Waals surface area contributed by atoms with Crippen molar-refractivity contribution >= 4 is 36.5 Å². The van der Waals surface area contributed by atoms with E-state index in [4.69, 9.17) is 20.9 Å². The molecule has 0 bridgehead atoms. The lowest BCUT2D eigenvalue weighted by Crippen LogP contribution is -2.34.